The van der Waals surface area contributed by atoms with Crippen LogP contribution in [-0.2, 0) is 11.3 Å². The molecule has 0 aliphatic carbocycles. The van der Waals surface area contributed by atoms with E-state index in [1.807, 2.05) is 40.6 Å². The molecule has 4 rings (SSSR count). The molecule has 1 saturated heterocycles. The Morgan fingerprint density at radius 3 is 2.90 bits per heavy atom. The molecule has 0 spiro atoms. The Hall–Kier alpha value is -3.07. The lowest BCUT2D eigenvalue weighted by molar-refractivity contribution is -0.132. The van der Waals surface area contributed by atoms with E-state index >= 15 is 0 Å². The first-order valence-corrected chi connectivity index (χ1v) is 10.6. The van der Waals surface area contributed by atoms with Crippen molar-refractivity contribution in [1.82, 2.24) is 14.7 Å². The Bertz CT molecular complexity index is 1070. The number of amides is 1. The summed E-state index contributed by atoms with van der Waals surface area (Å²) in [4.78, 5) is 27.7. The topological polar surface area (TPSA) is 86.8 Å². The standard InChI is InChI=1S/C21H23N3O5S/c1-27-14-7-8-17(28-2)15(13-14)16-5-3-10-23(16)19(25)9-11-24-21(26)29-20(22-24)18-6-4-12-30-18/h4,6-8,12-13,16H,3,5,9-11H2,1-2H3/t16-/m0/s1. The van der Waals surface area contributed by atoms with Crippen molar-refractivity contribution in [1.29, 1.82) is 0 Å². The normalized spacial score (nSPS) is 16.1. The fourth-order valence-corrected chi connectivity index (χ4v) is 4.43. The molecule has 0 saturated carbocycles. The van der Waals surface area contributed by atoms with E-state index in [9.17, 15) is 9.59 Å². The largest absolute Gasteiger partial charge is 0.497 e. The summed E-state index contributed by atoms with van der Waals surface area (Å²) in [7, 11) is 3.23. The molecule has 9 heteroatoms. The number of methoxy groups -OCH3 is 2. The minimum absolute atomic E-state index is 0.0325. The maximum atomic E-state index is 13.0. The number of benzene rings is 1. The molecule has 3 heterocycles. The van der Waals surface area contributed by atoms with Crippen molar-refractivity contribution in [2.45, 2.75) is 31.8 Å². The SMILES string of the molecule is COc1ccc(OC)c([C@@H]2CCCN2C(=O)CCn2nc(-c3cccs3)oc2=O)c1. The predicted molar refractivity (Wildman–Crippen MR) is 112 cm³/mol. The first-order chi connectivity index (χ1) is 14.6. The van der Waals surface area contributed by atoms with Gasteiger partial charge in [-0.05, 0) is 42.5 Å². The van der Waals surface area contributed by atoms with E-state index in [0.29, 0.717) is 6.54 Å². The smallest absolute Gasteiger partial charge is 0.437 e. The fraction of sp³-hybridized carbons (Fsp3) is 0.381. The number of nitrogens with zero attached hydrogens (tertiary/aromatic N) is 3. The van der Waals surface area contributed by atoms with Gasteiger partial charge in [0.2, 0.25) is 5.91 Å². The van der Waals surface area contributed by atoms with Gasteiger partial charge < -0.3 is 18.8 Å². The summed E-state index contributed by atoms with van der Waals surface area (Å²) in [5.41, 5.74) is 0.932. The number of hydrogen-bond acceptors (Lipinski definition) is 7. The first-order valence-electron chi connectivity index (χ1n) is 9.74. The zero-order chi connectivity index (χ0) is 21.1. The summed E-state index contributed by atoms with van der Waals surface area (Å²) < 4.78 is 17.3. The first kappa shape index (κ1) is 20.2. The molecule has 0 N–H and O–H groups in total. The van der Waals surface area contributed by atoms with E-state index in [1.165, 1.54) is 16.0 Å². The molecule has 1 aliphatic heterocycles. The molecule has 0 radical (unpaired) electrons. The Morgan fingerprint density at radius 2 is 2.17 bits per heavy atom. The number of aryl methyl sites for hydroxylation is 1. The molecule has 0 bridgehead atoms. The molecular formula is C21H23N3O5S. The number of rotatable bonds is 7. The average Bonchev–Trinajstić information content (AvgIpc) is 3.52. The molecule has 158 valence electrons. The van der Waals surface area contributed by atoms with Crippen LogP contribution in [0.1, 0.15) is 30.9 Å². The second kappa shape index (κ2) is 8.74. The molecule has 1 fully saturated rings. The van der Waals surface area contributed by atoms with Gasteiger partial charge in [-0.3, -0.25) is 4.79 Å². The Morgan fingerprint density at radius 1 is 1.30 bits per heavy atom. The molecule has 1 aliphatic rings. The minimum Gasteiger partial charge on any atom is -0.497 e. The van der Waals surface area contributed by atoms with Gasteiger partial charge in [-0.2, -0.15) is 4.68 Å². The maximum absolute atomic E-state index is 13.0. The van der Waals surface area contributed by atoms with Crippen molar-refractivity contribution in [2.24, 2.45) is 0 Å². The number of carbonyl (C=O) groups is 1. The minimum atomic E-state index is -0.557. The summed E-state index contributed by atoms with van der Waals surface area (Å²) in [6.07, 6.45) is 1.92. The van der Waals surface area contributed by atoms with Crippen molar-refractivity contribution in [3.8, 4) is 22.3 Å². The highest BCUT2D eigenvalue weighted by Gasteiger charge is 2.32. The predicted octanol–water partition coefficient (Wildman–Crippen LogP) is 3.34. The van der Waals surface area contributed by atoms with Crippen LogP contribution >= 0.6 is 11.3 Å². The van der Waals surface area contributed by atoms with E-state index in [4.69, 9.17) is 13.9 Å². The monoisotopic (exact) mass is 429 g/mol. The zero-order valence-electron chi connectivity index (χ0n) is 16.9. The molecule has 1 atom stereocenters. The molecule has 1 aromatic carbocycles. The van der Waals surface area contributed by atoms with Gasteiger partial charge in [0, 0.05) is 18.5 Å². The van der Waals surface area contributed by atoms with E-state index in [0.717, 1.165) is 34.8 Å². The highest BCUT2D eigenvalue weighted by atomic mass is 32.1. The Kier molecular flexibility index (Phi) is 5.89. The van der Waals surface area contributed by atoms with Crippen molar-refractivity contribution < 1.29 is 18.7 Å². The average molecular weight is 429 g/mol. The van der Waals surface area contributed by atoms with Crippen molar-refractivity contribution in [2.75, 3.05) is 20.8 Å². The van der Waals surface area contributed by atoms with Crippen LogP contribution in [0.4, 0.5) is 0 Å². The van der Waals surface area contributed by atoms with Crippen molar-refractivity contribution in [3.63, 3.8) is 0 Å². The van der Waals surface area contributed by atoms with Crippen LogP contribution in [-0.4, -0.2) is 41.4 Å². The summed E-state index contributed by atoms with van der Waals surface area (Å²) in [6.45, 7) is 0.836. The van der Waals surface area contributed by atoms with Crippen LogP contribution in [0.5, 0.6) is 11.5 Å². The van der Waals surface area contributed by atoms with Gasteiger partial charge in [0.25, 0.3) is 5.89 Å². The lowest BCUT2D eigenvalue weighted by Crippen LogP contribution is -2.32. The number of carbonyl (C=O) groups excluding carboxylic acids is 1. The fourth-order valence-electron chi connectivity index (χ4n) is 3.78. The van der Waals surface area contributed by atoms with Gasteiger partial charge in [0.05, 0.1) is 31.7 Å². The number of likely N-dealkylation sites (tertiary alicyclic amines) is 1. The lowest BCUT2D eigenvalue weighted by Gasteiger charge is -2.26. The summed E-state index contributed by atoms with van der Waals surface area (Å²) >= 11 is 1.44. The van der Waals surface area contributed by atoms with Crippen LogP contribution in [0.3, 0.4) is 0 Å². The van der Waals surface area contributed by atoms with E-state index < -0.39 is 5.76 Å². The summed E-state index contributed by atoms with van der Waals surface area (Å²) in [5.74, 6) is 1.14. The second-order valence-corrected chi connectivity index (χ2v) is 7.92. The van der Waals surface area contributed by atoms with Gasteiger partial charge >= 0.3 is 5.76 Å². The molecule has 0 unspecified atom stereocenters. The van der Waals surface area contributed by atoms with Gasteiger partial charge in [-0.15, -0.1) is 16.4 Å². The molecule has 1 amide bonds. The van der Waals surface area contributed by atoms with E-state index in [1.54, 1.807) is 14.2 Å². The van der Waals surface area contributed by atoms with Crippen LogP contribution in [0.25, 0.3) is 10.8 Å². The van der Waals surface area contributed by atoms with Gasteiger partial charge in [-0.25, -0.2) is 4.79 Å². The Labute approximate surface area is 177 Å². The third-order valence-electron chi connectivity index (χ3n) is 5.24. The number of ether oxygens (including phenoxy) is 2. The van der Waals surface area contributed by atoms with Crippen molar-refractivity contribution >= 4 is 17.2 Å². The number of aromatic nitrogens is 2. The molecule has 8 nitrogen and oxygen atoms in total. The zero-order valence-corrected chi connectivity index (χ0v) is 17.7. The third-order valence-corrected chi connectivity index (χ3v) is 6.10. The lowest BCUT2D eigenvalue weighted by atomic mass is 10.0. The highest BCUT2D eigenvalue weighted by molar-refractivity contribution is 7.13. The number of hydrogen-bond donors (Lipinski definition) is 0. The molecule has 2 aromatic heterocycles. The third kappa shape index (κ3) is 3.97. The molecular weight excluding hydrogens is 406 g/mol. The maximum Gasteiger partial charge on any atom is 0.437 e. The van der Waals surface area contributed by atoms with Crippen molar-refractivity contribution in [3.05, 3.63) is 51.8 Å². The summed E-state index contributed by atoms with van der Waals surface area (Å²) in [5, 5.41) is 6.11. The van der Waals surface area contributed by atoms with Gasteiger partial charge in [0.1, 0.15) is 11.5 Å². The molecule has 30 heavy (non-hydrogen) atoms. The quantitative estimate of drug-likeness (QED) is 0.573. The van der Waals surface area contributed by atoms with Crippen LogP contribution in [0.15, 0.2) is 44.9 Å². The second-order valence-electron chi connectivity index (χ2n) is 6.98. The number of thiophene rings is 1. The van der Waals surface area contributed by atoms with Gasteiger partial charge in [0.15, 0.2) is 0 Å². The van der Waals surface area contributed by atoms with Crippen LogP contribution in [0.2, 0.25) is 0 Å². The van der Waals surface area contributed by atoms with E-state index in [2.05, 4.69) is 5.10 Å². The highest BCUT2D eigenvalue weighted by Crippen LogP contribution is 2.39. The van der Waals surface area contributed by atoms with Gasteiger partial charge in [-0.1, -0.05) is 6.07 Å². The molecule has 3 aromatic rings. The summed E-state index contributed by atoms with van der Waals surface area (Å²) in [6, 6.07) is 9.23. The van der Waals surface area contributed by atoms with Crippen LogP contribution < -0.4 is 15.2 Å². The van der Waals surface area contributed by atoms with Crippen LogP contribution in [0, 0.1) is 0 Å². The Balaban J connectivity index is 1.48. The van der Waals surface area contributed by atoms with E-state index in [-0.39, 0.29) is 30.8 Å².